The van der Waals surface area contributed by atoms with Gasteiger partial charge in [-0.25, -0.2) is 0 Å². The van der Waals surface area contributed by atoms with Gasteiger partial charge in [0.05, 0.1) is 0 Å². The maximum absolute atomic E-state index is 2.47. The zero-order valence-corrected chi connectivity index (χ0v) is 34.1. The molecule has 0 bridgehead atoms. The van der Waals surface area contributed by atoms with Gasteiger partial charge in [-0.3, -0.25) is 0 Å². The van der Waals surface area contributed by atoms with Gasteiger partial charge in [0.15, 0.2) is 0 Å². The molecule has 0 unspecified atom stereocenters. The van der Waals surface area contributed by atoms with E-state index in [1.54, 1.807) is 0 Å². The molecule has 2 aliphatic carbocycles. The SMILES string of the molecule is CC1(C)c2cc(-c3ccc4c(c3)C(C)(C)c3c-4sc4ccccc34)ccc2-c2ccc(N(c3ccc(-c4ccccc4)cc3)c3ccc(-c4ccccc4)cc3)cc21. The molecular weight excluding hydrogens is 719 g/mol. The molecule has 9 aromatic rings. The summed E-state index contributed by atoms with van der Waals surface area (Å²) in [7, 11) is 0. The summed E-state index contributed by atoms with van der Waals surface area (Å²) in [6.45, 7) is 9.60. The summed E-state index contributed by atoms with van der Waals surface area (Å²) in [5.74, 6) is 0. The maximum Gasteiger partial charge on any atom is 0.0465 e. The van der Waals surface area contributed by atoms with Crippen molar-refractivity contribution in [1.29, 1.82) is 0 Å². The van der Waals surface area contributed by atoms with Crippen LogP contribution in [0.1, 0.15) is 49.9 Å². The van der Waals surface area contributed by atoms with E-state index in [1.807, 2.05) is 11.3 Å². The summed E-state index contributed by atoms with van der Waals surface area (Å²) in [6.07, 6.45) is 0. The van der Waals surface area contributed by atoms with E-state index in [-0.39, 0.29) is 10.8 Å². The third kappa shape index (κ3) is 5.36. The van der Waals surface area contributed by atoms with Crippen molar-refractivity contribution in [3.63, 3.8) is 0 Å². The first kappa shape index (κ1) is 34.7. The molecular formula is C56H43NS. The lowest BCUT2D eigenvalue weighted by atomic mass is 9.79. The molecule has 0 fully saturated rings. The van der Waals surface area contributed by atoms with E-state index in [1.165, 1.54) is 87.3 Å². The molecule has 0 saturated carbocycles. The van der Waals surface area contributed by atoms with Crippen molar-refractivity contribution in [3.8, 4) is 54.9 Å². The minimum absolute atomic E-state index is 0.0570. The van der Waals surface area contributed by atoms with Crippen LogP contribution in [0.15, 0.2) is 188 Å². The monoisotopic (exact) mass is 761 g/mol. The van der Waals surface area contributed by atoms with Crippen molar-refractivity contribution in [2.45, 2.75) is 38.5 Å². The van der Waals surface area contributed by atoms with Crippen LogP contribution >= 0.6 is 11.3 Å². The standard InChI is InChI=1S/C56H43NS/c1-55(2)49-33-40(41-24-31-47-50(34-41)56(3,4)53-48-17-11-12-18-52(48)58-54(47)53)23-30-45(49)46-32-29-44(35-51(46)55)57(42-25-19-38(20-26-42)36-13-7-5-8-14-36)43-27-21-39(22-28-43)37-15-9-6-10-16-37/h5-35H,1-4H3. The number of hydrogen-bond donors (Lipinski definition) is 0. The van der Waals surface area contributed by atoms with Gasteiger partial charge in [-0.2, -0.15) is 0 Å². The molecule has 0 aliphatic heterocycles. The highest BCUT2D eigenvalue weighted by atomic mass is 32.1. The highest BCUT2D eigenvalue weighted by Gasteiger charge is 2.40. The number of hydrogen-bond acceptors (Lipinski definition) is 2. The second kappa shape index (κ2) is 13.0. The van der Waals surface area contributed by atoms with E-state index in [2.05, 4.69) is 221 Å². The van der Waals surface area contributed by atoms with Gasteiger partial charge in [0.1, 0.15) is 0 Å². The van der Waals surface area contributed by atoms with Crippen LogP contribution in [0.4, 0.5) is 17.1 Å². The van der Waals surface area contributed by atoms with E-state index >= 15 is 0 Å². The summed E-state index contributed by atoms with van der Waals surface area (Å²) < 4.78 is 1.38. The normalized spacial score (nSPS) is 14.1. The average Bonchev–Trinajstić information content (AvgIpc) is 3.85. The lowest BCUT2D eigenvalue weighted by Gasteiger charge is -2.28. The number of anilines is 3. The van der Waals surface area contributed by atoms with Gasteiger partial charge in [-0.15, -0.1) is 11.3 Å². The predicted molar refractivity (Wildman–Crippen MR) is 248 cm³/mol. The Kier molecular flexibility index (Phi) is 7.80. The van der Waals surface area contributed by atoms with Crippen molar-refractivity contribution in [2.75, 3.05) is 4.90 Å². The maximum atomic E-state index is 2.47. The van der Waals surface area contributed by atoms with E-state index in [0.29, 0.717) is 0 Å². The average molecular weight is 762 g/mol. The molecule has 0 atom stereocenters. The van der Waals surface area contributed by atoms with E-state index in [0.717, 1.165) is 17.1 Å². The van der Waals surface area contributed by atoms with Crippen LogP contribution in [-0.2, 0) is 10.8 Å². The van der Waals surface area contributed by atoms with Gasteiger partial charge in [0, 0.05) is 37.5 Å². The molecule has 0 saturated heterocycles. The number of fused-ring (bicyclic) bond motifs is 8. The van der Waals surface area contributed by atoms with Gasteiger partial charge < -0.3 is 4.90 Å². The van der Waals surface area contributed by atoms with Gasteiger partial charge in [0.2, 0.25) is 0 Å². The first-order valence-corrected chi connectivity index (χ1v) is 21.2. The molecule has 0 amide bonds. The topological polar surface area (TPSA) is 3.24 Å². The van der Waals surface area contributed by atoms with Crippen LogP contribution in [0.3, 0.4) is 0 Å². The molecule has 0 radical (unpaired) electrons. The summed E-state index contributed by atoms with van der Waals surface area (Å²) in [6, 6.07) is 69.6. The van der Waals surface area contributed by atoms with Gasteiger partial charge in [-0.05, 0) is 132 Å². The highest BCUT2D eigenvalue weighted by Crippen LogP contribution is 2.57. The molecule has 2 heteroatoms. The van der Waals surface area contributed by atoms with Crippen LogP contribution in [0.2, 0.25) is 0 Å². The lowest BCUT2D eigenvalue weighted by molar-refractivity contribution is 0.660. The van der Waals surface area contributed by atoms with Gasteiger partial charge in [0.25, 0.3) is 0 Å². The van der Waals surface area contributed by atoms with E-state index < -0.39 is 0 Å². The summed E-state index contributed by atoms with van der Waals surface area (Å²) in [5, 5.41) is 1.40. The fourth-order valence-corrected chi connectivity index (χ4v) is 11.2. The summed E-state index contributed by atoms with van der Waals surface area (Å²) >= 11 is 1.94. The summed E-state index contributed by atoms with van der Waals surface area (Å²) in [4.78, 5) is 3.84. The third-order valence-corrected chi connectivity index (χ3v) is 14.1. The zero-order chi connectivity index (χ0) is 39.2. The quantitative estimate of drug-likeness (QED) is 0.163. The second-order valence-corrected chi connectivity index (χ2v) is 18.0. The first-order valence-electron chi connectivity index (χ1n) is 20.3. The van der Waals surface area contributed by atoms with Crippen LogP contribution < -0.4 is 4.90 Å². The molecule has 1 aromatic heterocycles. The fourth-order valence-electron chi connectivity index (χ4n) is 9.79. The van der Waals surface area contributed by atoms with Crippen LogP contribution in [0.25, 0.3) is 65.0 Å². The minimum Gasteiger partial charge on any atom is -0.310 e. The number of thiophene rings is 1. The Morgan fingerprint density at radius 1 is 0.362 bits per heavy atom. The highest BCUT2D eigenvalue weighted by molar-refractivity contribution is 7.22. The van der Waals surface area contributed by atoms with Gasteiger partial charge >= 0.3 is 0 Å². The molecule has 0 N–H and O–H groups in total. The molecule has 11 rings (SSSR count). The smallest absolute Gasteiger partial charge is 0.0465 e. The first-order chi connectivity index (χ1) is 28.3. The molecule has 8 aromatic carbocycles. The van der Waals surface area contributed by atoms with E-state index in [9.17, 15) is 0 Å². The third-order valence-electron chi connectivity index (χ3n) is 12.9. The Morgan fingerprint density at radius 2 is 0.793 bits per heavy atom. The van der Waals surface area contributed by atoms with Crippen molar-refractivity contribution in [1.82, 2.24) is 0 Å². The Labute approximate surface area is 345 Å². The van der Waals surface area contributed by atoms with E-state index in [4.69, 9.17) is 0 Å². The summed E-state index contributed by atoms with van der Waals surface area (Å²) in [5.41, 5.74) is 20.3. The predicted octanol–water partition coefficient (Wildman–Crippen LogP) is 16.0. The number of nitrogens with zero attached hydrogens (tertiary/aromatic N) is 1. The van der Waals surface area contributed by atoms with Crippen molar-refractivity contribution in [2.24, 2.45) is 0 Å². The van der Waals surface area contributed by atoms with Crippen molar-refractivity contribution < 1.29 is 0 Å². The Balaban J connectivity index is 0.969. The van der Waals surface area contributed by atoms with Crippen LogP contribution in [0, 0.1) is 0 Å². The molecule has 58 heavy (non-hydrogen) atoms. The number of benzene rings is 8. The lowest BCUT2D eigenvalue weighted by Crippen LogP contribution is -2.17. The molecule has 1 nitrogen and oxygen atoms in total. The van der Waals surface area contributed by atoms with Crippen molar-refractivity contribution >= 4 is 38.5 Å². The number of rotatable bonds is 6. The minimum atomic E-state index is -0.185. The van der Waals surface area contributed by atoms with Gasteiger partial charge in [-0.1, -0.05) is 161 Å². The molecule has 2 aliphatic rings. The largest absolute Gasteiger partial charge is 0.310 e. The Hall–Kier alpha value is -6.48. The van der Waals surface area contributed by atoms with Crippen LogP contribution in [-0.4, -0.2) is 0 Å². The second-order valence-electron chi connectivity index (χ2n) is 17.0. The fraction of sp³-hybridized carbons (Fsp3) is 0.107. The Bertz CT molecular complexity index is 2940. The zero-order valence-electron chi connectivity index (χ0n) is 33.3. The molecule has 0 spiro atoms. The molecule has 1 heterocycles. The van der Waals surface area contributed by atoms with Crippen LogP contribution in [0.5, 0.6) is 0 Å². The Morgan fingerprint density at radius 3 is 1.38 bits per heavy atom. The molecule has 278 valence electrons. The van der Waals surface area contributed by atoms with Crippen molar-refractivity contribution in [3.05, 3.63) is 210 Å².